The van der Waals surface area contributed by atoms with Crippen molar-refractivity contribution in [3.05, 3.63) is 65.0 Å². The standard InChI is InChI=1S/C34H41F3O5/c1-30(2,3)20-32(7,31(4,5)6)29(39)42-27-17-16-26(33(27,8)34(35,36)37)40-23-15-14-22-18-24(21-12-10-9-11-13-21)28(38)41-25(22)19-23/h9-15,18-19,26-27H,16-17,20H2,1-8H3. The summed E-state index contributed by atoms with van der Waals surface area (Å²) in [6, 6.07) is 15.4. The fourth-order valence-corrected chi connectivity index (χ4v) is 5.95. The number of rotatable bonds is 6. The third-order valence-electron chi connectivity index (χ3n) is 8.95. The molecule has 1 heterocycles. The van der Waals surface area contributed by atoms with Gasteiger partial charge in [-0.25, -0.2) is 4.79 Å². The minimum absolute atomic E-state index is 0.00522. The summed E-state index contributed by atoms with van der Waals surface area (Å²) in [6.07, 6.45) is -6.95. The molecule has 1 aliphatic carbocycles. The van der Waals surface area contributed by atoms with E-state index in [0.29, 0.717) is 22.9 Å². The second-order valence-electron chi connectivity index (χ2n) is 14.2. The van der Waals surface area contributed by atoms with E-state index in [0.717, 1.165) is 6.92 Å². The van der Waals surface area contributed by atoms with Crippen LogP contribution in [0.2, 0.25) is 0 Å². The second kappa shape index (κ2) is 10.8. The van der Waals surface area contributed by atoms with Crippen molar-refractivity contribution in [2.45, 2.75) is 93.0 Å². The Kier molecular flexibility index (Phi) is 8.11. The second-order valence-corrected chi connectivity index (χ2v) is 14.2. The van der Waals surface area contributed by atoms with Gasteiger partial charge in [0.25, 0.3) is 0 Å². The lowest BCUT2D eigenvalue weighted by molar-refractivity contribution is -0.266. The summed E-state index contributed by atoms with van der Waals surface area (Å²) in [6.45, 7) is 14.6. The Morgan fingerprint density at radius 2 is 1.55 bits per heavy atom. The maximum Gasteiger partial charge on any atom is 0.401 e. The first-order chi connectivity index (χ1) is 19.3. The van der Waals surface area contributed by atoms with Gasteiger partial charge in [-0.1, -0.05) is 71.9 Å². The van der Waals surface area contributed by atoms with Crippen LogP contribution in [0, 0.1) is 21.7 Å². The van der Waals surface area contributed by atoms with Crippen LogP contribution in [-0.2, 0) is 9.53 Å². The van der Waals surface area contributed by atoms with Crippen molar-refractivity contribution in [1.82, 2.24) is 0 Å². The van der Waals surface area contributed by atoms with Crippen molar-refractivity contribution in [3.63, 3.8) is 0 Å². The average Bonchev–Trinajstić information content (AvgIpc) is 3.18. The molecule has 4 rings (SSSR count). The van der Waals surface area contributed by atoms with E-state index in [1.165, 1.54) is 6.07 Å². The first-order valence-corrected chi connectivity index (χ1v) is 14.3. The average molecular weight is 587 g/mol. The van der Waals surface area contributed by atoms with Crippen LogP contribution in [0.1, 0.15) is 74.7 Å². The van der Waals surface area contributed by atoms with Gasteiger partial charge >= 0.3 is 17.8 Å². The molecule has 2 aromatic carbocycles. The largest absolute Gasteiger partial charge is 0.489 e. The molecule has 1 aromatic heterocycles. The Hall–Kier alpha value is -3.29. The molecule has 1 aliphatic rings. The normalized spacial score (nSPS) is 23.0. The number of hydrogen-bond donors (Lipinski definition) is 0. The van der Waals surface area contributed by atoms with Gasteiger partial charge in [0.1, 0.15) is 29.0 Å². The molecule has 1 saturated carbocycles. The monoisotopic (exact) mass is 586 g/mol. The van der Waals surface area contributed by atoms with E-state index in [2.05, 4.69) is 0 Å². The van der Waals surface area contributed by atoms with E-state index in [1.54, 1.807) is 37.3 Å². The summed E-state index contributed by atoms with van der Waals surface area (Å²) >= 11 is 0. The van der Waals surface area contributed by atoms with Gasteiger partial charge in [-0.2, -0.15) is 13.2 Å². The number of carbonyl (C=O) groups excluding carboxylic acids is 1. The lowest BCUT2D eigenvalue weighted by atomic mass is 9.61. The number of esters is 1. The highest BCUT2D eigenvalue weighted by molar-refractivity contribution is 5.82. The van der Waals surface area contributed by atoms with Crippen molar-refractivity contribution in [2.24, 2.45) is 21.7 Å². The van der Waals surface area contributed by atoms with Crippen LogP contribution in [0.15, 0.2) is 63.8 Å². The van der Waals surface area contributed by atoms with Crippen LogP contribution >= 0.6 is 0 Å². The lowest BCUT2D eigenvalue weighted by Gasteiger charge is -2.45. The Balaban J connectivity index is 1.62. The number of fused-ring (bicyclic) bond motifs is 1. The number of ether oxygens (including phenoxy) is 2. The summed E-state index contributed by atoms with van der Waals surface area (Å²) in [5.74, 6) is -0.495. The quantitative estimate of drug-likeness (QED) is 0.213. The summed E-state index contributed by atoms with van der Waals surface area (Å²) in [7, 11) is 0. The van der Waals surface area contributed by atoms with E-state index >= 15 is 0 Å². The molecule has 1 fully saturated rings. The van der Waals surface area contributed by atoms with Crippen molar-refractivity contribution < 1.29 is 31.9 Å². The van der Waals surface area contributed by atoms with Crippen molar-refractivity contribution in [3.8, 4) is 16.9 Å². The molecule has 5 nitrogen and oxygen atoms in total. The molecule has 0 radical (unpaired) electrons. The molecule has 0 bridgehead atoms. The smallest absolute Gasteiger partial charge is 0.401 e. The van der Waals surface area contributed by atoms with Crippen LogP contribution in [0.4, 0.5) is 13.2 Å². The number of halogens is 3. The number of hydrogen-bond acceptors (Lipinski definition) is 5. The van der Waals surface area contributed by atoms with Crippen molar-refractivity contribution in [2.75, 3.05) is 0 Å². The topological polar surface area (TPSA) is 65.7 Å². The fraction of sp³-hybridized carbons (Fsp3) is 0.529. The fourth-order valence-electron chi connectivity index (χ4n) is 5.95. The molecule has 0 spiro atoms. The van der Waals surface area contributed by atoms with Crippen LogP contribution in [0.5, 0.6) is 5.75 Å². The van der Waals surface area contributed by atoms with E-state index < -0.39 is 46.2 Å². The molecule has 42 heavy (non-hydrogen) atoms. The van der Waals surface area contributed by atoms with E-state index in [-0.39, 0.29) is 29.6 Å². The van der Waals surface area contributed by atoms with Crippen LogP contribution in [0.25, 0.3) is 22.1 Å². The minimum Gasteiger partial charge on any atom is -0.489 e. The van der Waals surface area contributed by atoms with Crippen molar-refractivity contribution >= 4 is 16.9 Å². The van der Waals surface area contributed by atoms with Crippen LogP contribution < -0.4 is 10.4 Å². The lowest BCUT2D eigenvalue weighted by Crippen LogP contribution is -2.53. The predicted molar refractivity (Wildman–Crippen MR) is 157 cm³/mol. The molecule has 0 saturated heterocycles. The number of carbonyl (C=O) groups is 1. The Bertz CT molecular complexity index is 1500. The first kappa shape index (κ1) is 31.6. The molecule has 0 N–H and O–H groups in total. The summed E-state index contributed by atoms with van der Waals surface area (Å²) in [4.78, 5) is 26.4. The third-order valence-corrected chi connectivity index (χ3v) is 8.95. The zero-order valence-corrected chi connectivity index (χ0v) is 25.6. The summed E-state index contributed by atoms with van der Waals surface area (Å²) in [5.41, 5.74) is -3.52. The summed E-state index contributed by atoms with van der Waals surface area (Å²) in [5, 5.41) is 0.609. The zero-order chi connectivity index (χ0) is 31.3. The van der Waals surface area contributed by atoms with E-state index in [4.69, 9.17) is 13.9 Å². The molecule has 8 heteroatoms. The van der Waals surface area contributed by atoms with Crippen LogP contribution in [0.3, 0.4) is 0 Å². The maximum absolute atomic E-state index is 14.8. The Morgan fingerprint density at radius 3 is 2.12 bits per heavy atom. The van der Waals surface area contributed by atoms with Crippen molar-refractivity contribution in [1.29, 1.82) is 0 Å². The Labute approximate surface area is 245 Å². The van der Waals surface area contributed by atoms with E-state index in [1.807, 2.05) is 59.7 Å². The van der Waals surface area contributed by atoms with Gasteiger partial charge in [0.2, 0.25) is 0 Å². The molecule has 3 aromatic rings. The molecule has 0 amide bonds. The van der Waals surface area contributed by atoms with E-state index in [9.17, 15) is 22.8 Å². The van der Waals surface area contributed by atoms with Gasteiger partial charge in [0.05, 0.1) is 11.0 Å². The molecular weight excluding hydrogens is 545 g/mol. The number of benzene rings is 2. The van der Waals surface area contributed by atoms with Gasteiger partial charge in [-0.3, -0.25) is 4.79 Å². The van der Waals surface area contributed by atoms with Gasteiger partial charge in [-0.15, -0.1) is 0 Å². The van der Waals surface area contributed by atoms with Gasteiger partial charge in [0, 0.05) is 11.5 Å². The highest BCUT2D eigenvalue weighted by Gasteiger charge is 2.67. The van der Waals surface area contributed by atoms with Crippen LogP contribution in [-0.4, -0.2) is 24.4 Å². The van der Waals surface area contributed by atoms with Gasteiger partial charge in [0.15, 0.2) is 0 Å². The third kappa shape index (κ3) is 5.95. The highest BCUT2D eigenvalue weighted by Crippen LogP contribution is 2.55. The molecule has 4 atom stereocenters. The molecule has 0 aliphatic heterocycles. The first-order valence-electron chi connectivity index (χ1n) is 14.3. The number of alkyl halides is 3. The SMILES string of the molecule is CC(C)(C)CC(C)(C(=O)OC1CCC(Oc2ccc3cc(-c4ccccc4)c(=O)oc3c2)C1(C)C(F)(F)F)C(C)(C)C. The summed E-state index contributed by atoms with van der Waals surface area (Å²) < 4.78 is 61.6. The minimum atomic E-state index is -4.71. The molecular formula is C34H41F3O5. The highest BCUT2D eigenvalue weighted by atomic mass is 19.4. The van der Waals surface area contributed by atoms with Gasteiger partial charge < -0.3 is 13.9 Å². The zero-order valence-electron chi connectivity index (χ0n) is 25.6. The maximum atomic E-state index is 14.8. The molecule has 228 valence electrons. The van der Waals surface area contributed by atoms with Gasteiger partial charge in [-0.05, 0) is 67.7 Å². The molecule has 4 unspecified atom stereocenters. The Morgan fingerprint density at radius 1 is 0.929 bits per heavy atom. The predicted octanol–water partition coefficient (Wildman–Crippen LogP) is 8.97.